The van der Waals surface area contributed by atoms with E-state index in [4.69, 9.17) is 0 Å². The van der Waals surface area contributed by atoms with Crippen LogP contribution in [0.5, 0.6) is 0 Å². The van der Waals surface area contributed by atoms with E-state index in [2.05, 4.69) is 26.9 Å². The van der Waals surface area contributed by atoms with Crippen molar-refractivity contribution in [1.82, 2.24) is 4.90 Å². The third-order valence-electron chi connectivity index (χ3n) is 4.56. The molecule has 1 saturated carbocycles. The molecule has 1 aromatic rings. The molecule has 1 heterocycles. The van der Waals surface area contributed by atoms with Gasteiger partial charge in [-0.15, -0.1) is 11.3 Å². The van der Waals surface area contributed by atoms with Crippen molar-refractivity contribution >= 4 is 33.2 Å². The maximum absolute atomic E-state index is 12.9. The summed E-state index contributed by atoms with van der Waals surface area (Å²) in [6, 6.07) is 2.65. The second kappa shape index (κ2) is 6.61. The van der Waals surface area contributed by atoms with Crippen LogP contribution in [0.1, 0.15) is 58.6 Å². The average Bonchev–Trinajstić information content (AvgIpc) is 3.12. The van der Waals surface area contributed by atoms with Crippen molar-refractivity contribution in [2.24, 2.45) is 0 Å². The van der Waals surface area contributed by atoms with Crippen LogP contribution in [0.3, 0.4) is 0 Å². The average molecular weight is 356 g/mol. The molecule has 0 saturated heterocycles. The smallest absolute Gasteiger partial charge is 0.264 e. The Morgan fingerprint density at radius 1 is 1.25 bits per heavy atom. The molecule has 0 atom stereocenters. The van der Waals surface area contributed by atoms with Gasteiger partial charge in [0.25, 0.3) is 5.91 Å². The lowest BCUT2D eigenvalue weighted by molar-refractivity contribution is 0.0701. The highest BCUT2D eigenvalue weighted by atomic mass is 79.9. The van der Waals surface area contributed by atoms with Gasteiger partial charge in [0.1, 0.15) is 0 Å². The Labute approximate surface area is 133 Å². The zero-order valence-corrected chi connectivity index (χ0v) is 14.3. The maximum Gasteiger partial charge on any atom is 0.264 e. The van der Waals surface area contributed by atoms with E-state index >= 15 is 0 Å². The highest BCUT2D eigenvalue weighted by Crippen LogP contribution is 2.32. The van der Waals surface area contributed by atoms with Gasteiger partial charge in [-0.1, -0.05) is 28.8 Å². The first-order chi connectivity index (χ1) is 9.79. The molecule has 0 N–H and O–H groups in total. The van der Waals surface area contributed by atoms with Crippen molar-refractivity contribution in [3.63, 3.8) is 0 Å². The van der Waals surface area contributed by atoms with E-state index in [9.17, 15) is 4.79 Å². The molecule has 1 aromatic heterocycles. The Morgan fingerprint density at radius 2 is 2.00 bits per heavy atom. The molecule has 1 fully saturated rings. The van der Waals surface area contributed by atoms with E-state index in [1.54, 1.807) is 11.3 Å². The number of alkyl halides is 1. The number of fused-ring (bicyclic) bond motifs is 1. The first-order valence-electron chi connectivity index (χ1n) is 7.78. The van der Waals surface area contributed by atoms with Crippen molar-refractivity contribution in [2.45, 2.75) is 57.4 Å². The Balaban J connectivity index is 1.79. The van der Waals surface area contributed by atoms with Crippen molar-refractivity contribution < 1.29 is 4.79 Å². The number of amides is 1. The first kappa shape index (κ1) is 14.6. The van der Waals surface area contributed by atoms with Crippen LogP contribution in [0, 0.1) is 0 Å². The molecule has 1 amide bonds. The molecule has 0 bridgehead atoms. The van der Waals surface area contributed by atoms with Crippen LogP contribution in [0.2, 0.25) is 0 Å². The summed E-state index contributed by atoms with van der Waals surface area (Å²) < 4.78 is 0. The fraction of sp³-hybridized carbons (Fsp3) is 0.688. The maximum atomic E-state index is 12.9. The van der Waals surface area contributed by atoms with Crippen LogP contribution in [0.25, 0.3) is 0 Å². The standard InChI is InChI=1S/C16H22BrNOS/c17-9-10-18(13-6-2-3-7-13)16(19)15-11-12-5-1-4-8-14(12)20-15/h11,13H,1-10H2. The molecule has 0 spiro atoms. The quantitative estimate of drug-likeness (QED) is 0.732. The first-order valence-corrected chi connectivity index (χ1v) is 9.72. The van der Waals surface area contributed by atoms with Crippen molar-refractivity contribution in [3.05, 3.63) is 21.4 Å². The van der Waals surface area contributed by atoms with Gasteiger partial charge in [-0.05, 0) is 50.2 Å². The molecule has 0 unspecified atom stereocenters. The van der Waals surface area contributed by atoms with Gasteiger partial charge in [-0.25, -0.2) is 0 Å². The zero-order valence-electron chi connectivity index (χ0n) is 11.9. The highest BCUT2D eigenvalue weighted by molar-refractivity contribution is 9.09. The van der Waals surface area contributed by atoms with Crippen LogP contribution in [0.4, 0.5) is 0 Å². The topological polar surface area (TPSA) is 20.3 Å². The predicted molar refractivity (Wildman–Crippen MR) is 88.0 cm³/mol. The number of hydrogen-bond donors (Lipinski definition) is 0. The minimum atomic E-state index is 0.274. The van der Waals surface area contributed by atoms with Gasteiger partial charge in [0.05, 0.1) is 4.88 Å². The van der Waals surface area contributed by atoms with Gasteiger partial charge in [-0.2, -0.15) is 0 Å². The number of nitrogens with zero attached hydrogens (tertiary/aromatic N) is 1. The normalized spacial score (nSPS) is 19.1. The van der Waals surface area contributed by atoms with Gasteiger partial charge in [0.2, 0.25) is 0 Å². The fourth-order valence-corrected chi connectivity index (χ4v) is 5.09. The minimum absolute atomic E-state index is 0.274. The van der Waals surface area contributed by atoms with Crippen molar-refractivity contribution in [3.8, 4) is 0 Å². The van der Waals surface area contributed by atoms with Crippen molar-refractivity contribution in [1.29, 1.82) is 0 Å². The number of rotatable bonds is 4. The Bertz CT molecular complexity index is 455. The Hall–Kier alpha value is -0.350. The third-order valence-corrected chi connectivity index (χ3v) is 6.14. The van der Waals surface area contributed by atoms with Gasteiger partial charge in [-0.3, -0.25) is 4.79 Å². The van der Waals surface area contributed by atoms with E-state index in [-0.39, 0.29) is 5.91 Å². The molecule has 2 aliphatic rings. The van der Waals surface area contributed by atoms with E-state index in [0.29, 0.717) is 6.04 Å². The SMILES string of the molecule is O=C(c1cc2c(s1)CCCC2)N(CCBr)C1CCCC1. The van der Waals surface area contributed by atoms with E-state index in [1.807, 2.05) is 0 Å². The molecular weight excluding hydrogens is 334 g/mol. The largest absolute Gasteiger partial charge is 0.334 e. The summed E-state index contributed by atoms with van der Waals surface area (Å²) in [6.07, 6.45) is 9.83. The minimum Gasteiger partial charge on any atom is -0.334 e. The summed E-state index contributed by atoms with van der Waals surface area (Å²) in [5.41, 5.74) is 1.44. The number of carbonyl (C=O) groups excluding carboxylic acids is 1. The molecule has 4 heteroatoms. The van der Waals surface area contributed by atoms with Crippen LogP contribution >= 0.6 is 27.3 Å². The number of carbonyl (C=O) groups is 1. The molecule has 0 aliphatic heterocycles. The lowest BCUT2D eigenvalue weighted by Gasteiger charge is -2.27. The predicted octanol–water partition coefficient (Wildman–Crippen LogP) is 4.41. The van der Waals surface area contributed by atoms with Gasteiger partial charge in [0.15, 0.2) is 0 Å². The second-order valence-electron chi connectivity index (χ2n) is 5.89. The number of aryl methyl sites for hydroxylation is 2. The van der Waals surface area contributed by atoms with Crippen LogP contribution in [0.15, 0.2) is 6.07 Å². The highest BCUT2D eigenvalue weighted by Gasteiger charge is 2.28. The van der Waals surface area contributed by atoms with E-state index in [0.717, 1.165) is 16.8 Å². The summed E-state index contributed by atoms with van der Waals surface area (Å²) in [5.74, 6) is 0.274. The van der Waals surface area contributed by atoms with Gasteiger partial charge in [0, 0.05) is 22.8 Å². The zero-order chi connectivity index (χ0) is 13.9. The third kappa shape index (κ3) is 2.96. The molecule has 2 aliphatic carbocycles. The lowest BCUT2D eigenvalue weighted by atomic mass is 9.99. The summed E-state index contributed by atoms with van der Waals surface area (Å²) in [7, 11) is 0. The molecule has 0 aromatic carbocycles. The molecule has 110 valence electrons. The van der Waals surface area contributed by atoms with Crippen LogP contribution in [-0.4, -0.2) is 28.7 Å². The van der Waals surface area contributed by atoms with E-state index < -0.39 is 0 Å². The fourth-order valence-electron chi connectivity index (χ4n) is 3.49. The van der Waals surface area contributed by atoms with Gasteiger partial charge < -0.3 is 4.90 Å². The molecule has 3 rings (SSSR count). The summed E-state index contributed by atoms with van der Waals surface area (Å²) in [5, 5.41) is 0.875. The Morgan fingerprint density at radius 3 is 2.70 bits per heavy atom. The molecule has 0 radical (unpaired) electrons. The monoisotopic (exact) mass is 355 g/mol. The number of thiophene rings is 1. The number of halogens is 1. The van der Waals surface area contributed by atoms with Gasteiger partial charge >= 0.3 is 0 Å². The van der Waals surface area contributed by atoms with Crippen molar-refractivity contribution in [2.75, 3.05) is 11.9 Å². The van der Waals surface area contributed by atoms with Crippen LogP contribution in [-0.2, 0) is 12.8 Å². The summed E-state index contributed by atoms with van der Waals surface area (Å²) in [6.45, 7) is 0.839. The number of hydrogen-bond acceptors (Lipinski definition) is 2. The van der Waals surface area contributed by atoms with Crippen LogP contribution < -0.4 is 0 Å². The summed E-state index contributed by atoms with van der Waals surface area (Å²) in [4.78, 5) is 17.4. The molecule has 20 heavy (non-hydrogen) atoms. The second-order valence-corrected chi connectivity index (χ2v) is 7.82. The lowest BCUT2D eigenvalue weighted by Crippen LogP contribution is -2.39. The Kier molecular flexibility index (Phi) is 4.82. The molecular formula is C16H22BrNOS. The summed E-state index contributed by atoms with van der Waals surface area (Å²) >= 11 is 5.25. The molecule has 2 nitrogen and oxygen atoms in total. The van der Waals surface area contributed by atoms with E-state index in [1.165, 1.54) is 61.8 Å².